The number of benzene rings is 9. The van der Waals surface area contributed by atoms with Crippen molar-refractivity contribution < 1.29 is 4.74 Å². The minimum Gasteiger partial charge on any atom is -0.456 e. The number of hydrogen-bond acceptors (Lipinski definition) is 2. The molecule has 0 fully saturated rings. The molecular formula is C52H35NO. The Balaban J connectivity index is 1.09. The highest BCUT2D eigenvalue weighted by Gasteiger charge is 2.22. The van der Waals surface area contributed by atoms with Crippen molar-refractivity contribution in [3.63, 3.8) is 0 Å². The lowest BCUT2D eigenvalue weighted by Gasteiger charge is -2.28. The lowest BCUT2D eigenvalue weighted by molar-refractivity contribution is 0.487. The van der Waals surface area contributed by atoms with Crippen molar-refractivity contribution in [2.45, 2.75) is 0 Å². The van der Waals surface area contributed by atoms with Gasteiger partial charge >= 0.3 is 0 Å². The second-order valence-electron chi connectivity index (χ2n) is 13.7. The Morgan fingerprint density at radius 3 is 1.57 bits per heavy atom. The summed E-state index contributed by atoms with van der Waals surface area (Å²) in [5, 5.41) is 2.35. The van der Waals surface area contributed by atoms with Gasteiger partial charge in [0.25, 0.3) is 0 Å². The van der Waals surface area contributed by atoms with E-state index in [0.29, 0.717) is 0 Å². The summed E-state index contributed by atoms with van der Waals surface area (Å²) in [6.07, 6.45) is 0. The Kier molecular flexibility index (Phi) is 7.85. The van der Waals surface area contributed by atoms with E-state index < -0.39 is 0 Å². The fourth-order valence-corrected chi connectivity index (χ4v) is 7.81. The van der Waals surface area contributed by atoms with Gasteiger partial charge in [0.15, 0.2) is 0 Å². The van der Waals surface area contributed by atoms with Crippen LogP contribution in [-0.2, 0) is 0 Å². The molecule has 0 unspecified atom stereocenters. The minimum atomic E-state index is 0.883. The molecule has 0 amide bonds. The average molecular weight is 690 g/mol. The van der Waals surface area contributed by atoms with Crippen LogP contribution in [0.25, 0.3) is 66.4 Å². The average Bonchev–Trinajstić information content (AvgIpc) is 3.25. The number of nitrogens with zero attached hydrogens (tertiary/aromatic N) is 1. The van der Waals surface area contributed by atoms with E-state index in [-0.39, 0.29) is 0 Å². The van der Waals surface area contributed by atoms with Gasteiger partial charge in [-0.15, -0.1) is 0 Å². The zero-order valence-corrected chi connectivity index (χ0v) is 29.6. The Morgan fingerprint density at radius 2 is 0.833 bits per heavy atom. The number of ether oxygens (including phenoxy) is 1. The van der Waals surface area contributed by atoms with Crippen molar-refractivity contribution in [2.75, 3.05) is 4.90 Å². The summed E-state index contributed by atoms with van der Waals surface area (Å²) in [5.41, 5.74) is 15.0. The van der Waals surface area contributed by atoms with E-state index in [0.717, 1.165) is 61.8 Å². The smallest absolute Gasteiger partial charge is 0.135 e. The minimum absolute atomic E-state index is 0.883. The van der Waals surface area contributed by atoms with Crippen LogP contribution in [0.2, 0.25) is 0 Å². The van der Waals surface area contributed by atoms with Crippen LogP contribution >= 0.6 is 0 Å². The van der Waals surface area contributed by atoms with Gasteiger partial charge in [-0.05, 0) is 98.4 Å². The first-order chi connectivity index (χ1) is 26.8. The number of hydrogen-bond donors (Lipinski definition) is 0. The van der Waals surface area contributed by atoms with Crippen LogP contribution in [0.4, 0.5) is 17.1 Å². The number of fused-ring (bicyclic) bond motifs is 2. The summed E-state index contributed by atoms with van der Waals surface area (Å²) in [7, 11) is 0. The highest BCUT2D eigenvalue weighted by molar-refractivity contribution is 6.04. The van der Waals surface area contributed by atoms with E-state index in [1.165, 1.54) is 33.2 Å². The zero-order chi connectivity index (χ0) is 35.8. The first-order valence-electron chi connectivity index (χ1n) is 18.4. The second-order valence-corrected chi connectivity index (χ2v) is 13.7. The van der Waals surface area contributed by atoms with Crippen molar-refractivity contribution in [3.05, 3.63) is 212 Å². The molecule has 0 aliphatic carbocycles. The standard InChI is InChI=1S/C52H35NO/c1-3-12-36(13-4-1)38-24-26-40(27-25-38)46-20-7-8-22-49(46)53(44-31-28-39(29-32-44)37-14-5-2-6-15-37)45-19-9-18-42(34-45)43-30-33-50-48(35-43)47-21-10-16-41-17-11-23-51(54-50)52(41)47/h1-35H. The molecule has 54 heavy (non-hydrogen) atoms. The number of rotatable bonds is 7. The lowest BCUT2D eigenvalue weighted by Crippen LogP contribution is -2.11. The molecule has 9 aromatic carbocycles. The Morgan fingerprint density at radius 1 is 0.296 bits per heavy atom. The quantitative estimate of drug-likeness (QED) is 0.165. The van der Waals surface area contributed by atoms with Crippen molar-refractivity contribution in [1.29, 1.82) is 0 Å². The van der Waals surface area contributed by atoms with Crippen LogP contribution in [0.5, 0.6) is 11.5 Å². The first-order valence-corrected chi connectivity index (χ1v) is 18.4. The van der Waals surface area contributed by atoms with Crippen LogP contribution in [-0.4, -0.2) is 0 Å². The molecule has 1 heterocycles. The van der Waals surface area contributed by atoms with Gasteiger partial charge in [0, 0.05) is 27.9 Å². The Bertz CT molecular complexity index is 2770. The van der Waals surface area contributed by atoms with E-state index in [2.05, 4.69) is 217 Å². The molecule has 1 aliphatic heterocycles. The van der Waals surface area contributed by atoms with E-state index in [9.17, 15) is 0 Å². The van der Waals surface area contributed by atoms with Crippen molar-refractivity contribution in [1.82, 2.24) is 0 Å². The van der Waals surface area contributed by atoms with Crippen molar-refractivity contribution >= 4 is 27.8 Å². The molecule has 0 radical (unpaired) electrons. The van der Waals surface area contributed by atoms with Crippen molar-refractivity contribution in [2.24, 2.45) is 0 Å². The fourth-order valence-electron chi connectivity index (χ4n) is 7.81. The highest BCUT2D eigenvalue weighted by atomic mass is 16.5. The predicted octanol–water partition coefficient (Wildman–Crippen LogP) is 14.8. The molecule has 1 aliphatic rings. The summed E-state index contributed by atoms with van der Waals surface area (Å²) in [4.78, 5) is 2.39. The summed E-state index contributed by atoms with van der Waals surface area (Å²) in [6.45, 7) is 0. The van der Waals surface area contributed by atoms with E-state index in [4.69, 9.17) is 4.74 Å². The maximum atomic E-state index is 6.44. The van der Waals surface area contributed by atoms with Gasteiger partial charge in [0.2, 0.25) is 0 Å². The van der Waals surface area contributed by atoms with Crippen LogP contribution in [0, 0.1) is 0 Å². The molecule has 0 saturated heterocycles. The summed E-state index contributed by atoms with van der Waals surface area (Å²) in [5.74, 6) is 1.79. The topological polar surface area (TPSA) is 12.5 Å². The summed E-state index contributed by atoms with van der Waals surface area (Å²) in [6, 6.07) is 75.9. The SMILES string of the molecule is c1ccc(-c2ccc(-c3ccccc3N(c3ccc(-c4ccccc4)cc3)c3cccc(-c4ccc5c(c4)-c4cccc6cccc(c46)O5)c3)cc2)cc1. The molecule has 0 saturated carbocycles. The molecule has 0 aromatic heterocycles. The van der Waals surface area contributed by atoms with Crippen LogP contribution < -0.4 is 9.64 Å². The molecule has 9 aromatic rings. The molecule has 2 nitrogen and oxygen atoms in total. The molecule has 0 bridgehead atoms. The molecule has 0 N–H and O–H groups in total. The van der Waals surface area contributed by atoms with Gasteiger partial charge in [-0.25, -0.2) is 0 Å². The van der Waals surface area contributed by atoms with Gasteiger partial charge in [-0.2, -0.15) is 0 Å². The molecular weight excluding hydrogens is 655 g/mol. The number of anilines is 3. The summed E-state index contributed by atoms with van der Waals surface area (Å²) < 4.78 is 6.44. The maximum Gasteiger partial charge on any atom is 0.135 e. The Hall–Kier alpha value is -7.16. The second kappa shape index (κ2) is 13.4. The fraction of sp³-hybridized carbons (Fsp3) is 0. The van der Waals surface area contributed by atoms with Crippen LogP contribution in [0.15, 0.2) is 212 Å². The normalized spacial score (nSPS) is 11.5. The third-order valence-corrected chi connectivity index (χ3v) is 10.5. The van der Waals surface area contributed by atoms with Crippen LogP contribution in [0.1, 0.15) is 0 Å². The third kappa shape index (κ3) is 5.71. The molecule has 0 spiro atoms. The van der Waals surface area contributed by atoms with Crippen molar-refractivity contribution in [3.8, 4) is 67.1 Å². The Labute approximate surface area is 315 Å². The molecule has 254 valence electrons. The van der Waals surface area contributed by atoms with Gasteiger partial charge in [0.05, 0.1) is 5.69 Å². The monoisotopic (exact) mass is 689 g/mol. The van der Waals surface area contributed by atoms with Gasteiger partial charge in [0.1, 0.15) is 11.5 Å². The van der Waals surface area contributed by atoms with Gasteiger partial charge in [-0.1, -0.05) is 164 Å². The van der Waals surface area contributed by atoms with Gasteiger partial charge < -0.3 is 9.64 Å². The zero-order valence-electron chi connectivity index (χ0n) is 29.6. The molecule has 10 rings (SSSR count). The third-order valence-electron chi connectivity index (χ3n) is 10.5. The predicted molar refractivity (Wildman–Crippen MR) is 226 cm³/mol. The van der Waals surface area contributed by atoms with Crippen LogP contribution in [0.3, 0.4) is 0 Å². The first kappa shape index (κ1) is 31.6. The molecule has 0 atom stereocenters. The molecule has 2 heteroatoms. The maximum absolute atomic E-state index is 6.44. The number of para-hydroxylation sites is 1. The van der Waals surface area contributed by atoms with E-state index in [1.807, 2.05) is 0 Å². The largest absolute Gasteiger partial charge is 0.456 e. The summed E-state index contributed by atoms with van der Waals surface area (Å²) >= 11 is 0. The lowest BCUT2D eigenvalue weighted by atomic mass is 9.92. The van der Waals surface area contributed by atoms with E-state index in [1.54, 1.807) is 0 Å². The van der Waals surface area contributed by atoms with Gasteiger partial charge in [-0.3, -0.25) is 0 Å². The highest BCUT2D eigenvalue weighted by Crippen LogP contribution is 2.48. The van der Waals surface area contributed by atoms with E-state index >= 15 is 0 Å².